The van der Waals surface area contributed by atoms with Crippen LogP contribution >= 0.6 is 15.9 Å². The van der Waals surface area contributed by atoms with Crippen molar-refractivity contribution in [3.8, 4) is 22.9 Å². The molecule has 0 spiro atoms. The van der Waals surface area contributed by atoms with E-state index in [2.05, 4.69) is 26.0 Å². The highest BCUT2D eigenvalue weighted by Gasteiger charge is 2.16. The average molecular weight is 599 g/mol. The van der Waals surface area contributed by atoms with Gasteiger partial charge in [0.25, 0.3) is 11.2 Å². The Morgan fingerprint density at radius 1 is 1.00 bits per heavy atom. The highest BCUT2D eigenvalue weighted by atomic mass is 79.9. The maximum Gasteiger partial charge on any atom is 0.343 e. The number of carbonyl (C=O) groups excluding carboxylic acids is 1. The number of hydrogen-bond acceptors (Lipinski definition) is 8. The normalized spacial score (nSPS) is 11.1. The number of nitro groups is 1. The van der Waals surface area contributed by atoms with E-state index in [4.69, 9.17) is 9.47 Å². The van der Waals surface area contributed by atoms with Crippen LogP contribution in [-0.2, 0) is 0 Å². The fourth-order valence-electron chi connectivity index (χ4n) is 3.87. The predicted molar refractivity (Wildman–Crippen MR) is 153 cm³/mol. The summed E-state index contributed by atoms with van der Waals surface area (Å²) in [5, 5.41) is 15.7. The fraction of sp³-hybridized carbons (Fsp3) is 0.0345. The van der Waals surface area contributed by atoms with Gasteiger partial charge in [-0.25, -0.2) is 9.78 Å². The molecule has 5 rings (SSSR count). The van der Waals surface area contributed by atoms with Gasteiger partial charge < -0.3 is 9.47 Å². The van der Waals surface area contributed by atoms with Crippen LogP contribution in [0.5, 0.6) is 11.5 Å². The minimum Gasteiger partial charge on any atom is -0.493 e. The lowest BCUT2D eigenvalue weighted by Crippen LogP contribution is -2.20. The van der Waals surface area contributed by atoms with Gasteiger partial charge in [-0.3, -0.25) is 14.9 Å². The molecule has 198 valence electrons. The molecule has 10 nitrogen and oxygen atoms in total. The molecule has 0 aliphatic carbocycles. The third-order valence-corrected chi connectivity index (χ3v) is 6.41. The number of aromatic nitrogens is 2. The van der Waals surface area contributed by atoms with E-state index in [9.17, 15) is 19.7 Å². The van der Waals surface area contributed by atoms with Crippen LogP contribution in [0.1, 0.15) is 15.9 Å². The van der Waals surface area contributed by atoms with Gasteiger partial charge in [-0.05, 0) is 60.2 Å². The molecule has 0 fully saturated rings. The number of benzene rings is 4. The lowest BCUT2D eigenvalue weighted by Gasteiger charge is -2.11. The minimum atomic E-state index is -0.706. The van der Waals surface area contributed by atoms with E-state index in [1.54, 1.807) is 30.3 Å². The van der Waals surface area contributed by atoms with E-state index in [-0.39, 0.29) is 28.3 Å². The third kappa shape index (κ3) is 5.49. The van der Waals surface area contributed by atoms with Crippen molar-refractivity contribution in [2.24, 2.45) is 5.10 Å². The molecule has 0 atom stereocenters. The molecular formula is C29H19BrN4O6. The number of nitro benzene ring substituents is 1. The lowest BCUT2D eigenvalue weighted by atomic mass is 10.2. The molecule has 0 saturated carbocycles. The molecule has 0 radical (unpaired) electrons. The molecule has 0 unspecified atom stereocenters. The van der Waals surface area contributed by atoms with Crippen LogP contribution in [0.2, 0.25) is 0 Å². The second-order valence-electron chi connectivity index (χ2n) is 8.42. The Kier molecular flexibility index (Phi) is 7.47. The minimum absolute atomic E-state index is 0.137. The van der Waals surface area contributed by atoms with Crippen LogP contribution in [0, 0.1) is 10.1 Å². The Labute approximate surface area is 235 Å². The van der Waals surface area contributed by atoms with Gasteiger partial charge >= 0.3 is 5.97 Å². The first-order valence-corrected chi connectivity index (χ1v) is 12.6. The van der Waals surface area contributed by atoms with Crippen molar-refractivity contribution in [3.63, 3.8) is 0 Å². The van der Waals surface area contributed by atoms with Crippen molar-refractivity contribution in [3.05, 3.63) is 127 Å². The van der Waals surface area contributed by atoms with Crippen LogP contribution in [0.4, 0.5) is 5.69 Å². The lowest BCUT2D eigenvalue weighted by molar-refractivity contribution is -0.384. The number of non-ortho nitro benzene ring substituents is 1. The van der Waals surface area contributed by atoms with E-state index in [0.717, 1.165) is 4.47 Å². The van der Waals surface area contributed by atoms with Crippen molar-refractivity contribution >= 4 is 44.7 Å². The van der Waals surface area contributed by atoms with E-state index in [1.807, 2.05) is 30.3 Å². The van der Waals surface area contributed by atoms with Gasteiger partial charge in [-0.1, -0.05) is 40.2 Å². The maximum atomic E-state index is 13.4. The molecular weight excluding hydrogens is 580 g/mol. The highest BCUT2D eigenvalue weighted by Crippen LogP contribution is 2.29. The summed E-state index contributed by atoms with van der Waals surface area (Å²) in [6.45, 7) is 0. The first kappa shape index (κ1) is 26.4. The molecule has 0 aliphatic heterocycles. The van der Waals surface area contributed by atoms with Gasteiger partial charge in [-0.15, -0.1) is 0 Å². The largest absolute Gasteiger partial charge is 0.493 e. The molecule has 0 aliphatic rings. The Bertz CT molecular complexity index is 1830. The molecule has 0 bridgehead atoms. The SMILES string of the molecule is COc1cc(C=Nn2c(-c3ccc(Br)cc3)nc3ccccc3c2=O)ccc1OC(=O)c1ccc([N+](=O)[O-])cc1. The zero-order chi connectivity index (χ0) is 28.2. The average Bonchev–Trinajstić information content (AvgIpc) is 2.97. The van der Waals surface area contributed by atoms with E-state index in [1.165, 1.54) is 48.3 Å². The molecule has 0 saturated heterocycles. The number of methoxy groups -OCH3 is 1. The quantitative estimate of drug-likeness (QED) is 0.0756. The highest BCUT2D eigenvalue weighted by molar-refractivity contribution is 9.10. The van der Waals surface area contributed by atoms with Gasteiger partial charge in [0, 0.05) is 22.2 Å². The van der Waals surface area contributed by atoms with Crippen LogP contribution < -0.4 is 15.0 Å². The number of para-hydroxylation sites is 1. The van der Waals surface area contributed by atoms with Gasteiger partial charge in [0.1, 0.15) is 0 Å². The molecule has 0 amide bonds. The Morgan fingerprint density at radius 3 is 2.42 bits per heavy atom. The van der Waals surface area contributed by atoms with Gasteiger partial charge in [0.15, 0.2) is 17.3 Å². The van der Waals surface area contributed by atoms with Crippen molar-refractivity contribution < 1.29 is 19.2 Å². The first-order chi connectivity index (χ1) is 19.3. The van der Waals surface area contributed by atoms with Crippen LogP contribution in [0.25, 0.3) is 22.3 Å². The van der Waals surface area contributed by atoms with Crippen molar-refractivity contribution in [1.82, 2.24) is 9.66 Å². The molecule has 4 aromatic carbocycles. The summed E-state index contributed by atoms with van der Waals surface area (Å²) in [5.41, 5.74) is 1.49. The number of ether oxygens (including phenoxy) is 2. The van der Waals surface area contributed by atoms with Gasteiger partial charge in [0.2, 0.25) is 0 Å². The first-order valence-electron chi connectivity index (χ1n) is 11.8. The van der Waals surface area contributed by atoms with Gasteiger partial charge in [-0.2, -0.15) is 9.78 Å². The number of nitrogens with zero attached hydrogens (tertiary/aromatic N) is 4. The van der Waals surface area contributed by atoms with Crippen LogP contribution in [0.3, 0.4) is 0 Å². The van der Waals surface area contributed by atoms with E-state index < -0.39 is 10.9 Å². The van der Waals surface area contributed by atoms with Crippen LogP contribution in [-0.4, -0.2) is 33.9 Å². The maximum absolute atomic E-state index is 13.4. The number of rotatable bonds is 7. The van der Waals surface area contributed by atoms with E-state index in [0.29, 0.717) is 27.9 Å². The fourth-order valence-corrected chi connectivity index (χ4v) is 4.13. The summed E-state index contributed by atoms with van der Waals surface area (Å²) in [4.78, 5) is 40.9. The third-order valence-electron chi connectivity index (χ3n) is 5.88. The summed E-state index contributed by atoms with van der Waals surface area (Å²) in [6, 6.07) is 24.3. The predicted octanol–water partition coefficient (Wildman–Crippen LogP) is 5.84. The Morgan fingerprint density at radius 2 is 1.73 bits per heavy atom. The second kappa shape index (κ2) is 11.3. The molecule has 11 heteroatoms. The number of halogens is 1. The number of esters is 1. The van der Waals surface area contributed by atoms with E-state index >= 15 is 0 Å². The Hall–Kier alpha value is -5.16. The molecule has 1 aromatic heterocycles. The summed E-state index contributed by atoms with van der Waals surface area (Å²) < 4.78 is 13.0. The molecule has 5 aromatic rings. The zero-order valence-electron chi connectivity index (χ0n) is 20.9. The molecule has 40 heavy (non-hydrogen) atoms. The summed E-state index contributed by atoms with van der Waals surface area (Å²) in [6.07, 6.45) is 1.48. The summed E-state index contributed by atoms with van der Waals surface area (Å²) in [5.74, 6) is 0.0510. The van der Waals surface area contributed by atoms with Gasteiger partial charge in [0.05, 0.1) is 34.7 Å². The number of carbonyl (C=O) groups is 1. The topological polar surface area (TPSA) is 126 Å². The summed E-state index contributed by atoms with van der Waals surface area (Å²) >= 11 is 3.42. The van der Waals surface area contributed by atoms with Crippen molar-refractivity contribution in [2.75, 3.05) is 7.11 Å². The van der Waals surface area contributed by atoms with Crippen LogP contribution in [0.15, 0.2) is 105 Å². The summed E-state index contributed by atoms with van der Waals surface area (Å²) in [7, 11) is 1.42. The van der Waals surface area contributed by atoms with Crippen molar-refractivity contribution in [2.45, 2.75) is 0 Å². The van der Waals surface area contributed by atoms with Crippen molar-refractivity contribution in [1.29, 1.82) is 0 Å². The second-order valence-corrected chi connectivity index (χ2v) is 9.34. The number of fused-ring (bicyclic) bond motifs is 1. The monoisotopic (exact) mass is 598 g/mol. The smallest absolute Gasteiger partial charge is 0.343 e. The molecule has 0 N–H and O–H groups in total. The Balaban J connectivity index is 1.47. The standard InChI is InChI=1S/C29H19BrN4O6/c1-39-26-16-18(6-15-25(26)40-29(36)20-9-13-22(14-10-20)34(37)38)17-31-33-27(19-7-11-21(30)12-8-19)32-24-5-3-2-4-23(24)28(33)35/h2-17H,1H3. The zero-order valence-corrected chi connectivity index (χ0v) is 22.4. The number of hydrogen-bond donors (Lipinski definition) is 0. The molecule has 1 heterocycles.